The van der Waals surface area contributed by atoms with Gasteiger partial charge in [-0.1, -0.05) is 11.6 Å². The minimum Gasteiger partial charge on any atom is -0.477 e. The van der Waals surface area contributed by atoms with Crippen LogP contribution >= 0.6 is 35.1 Å². The molecule has 1 saturated heterocycles. The number of rotatable bonds is 3. The minimum absolute atomic E-state index is 0.279. The van der Waals surface area contributed by atoms with Crippen LogP contribution in [0.5, 0.6) is 0 Å². The monoisotopic (exact) mass is 277 g/mol. The van der Waals surface area contributed by atoms with E-state index in [1.54, 1.807) is 10.8 Å². The molecule has 0 spiro atoms. The predicted octanol–water partition coefficient (Wildman–Crippen LogP) is 2.69. The van der Waals surface area contributed by atoms with Gasteiger partial charge in [-0.2, -0.15) is 23.5 Å². The number of hydrogen-bond acceptors (Lipinski definition) is 3. The van der Waals surface area contributed by atoms with Crippen molar-refractivity contribution < 1.29 is 9.90 Å². The van der Waals surface area contributed by atoms with E-state index >= 15 is 0 Å². The fourth-order valence-corrected chi connectivity index (χ4v) is 4.55. The summed E-state index contributed by atoms with van der Waals surface area (Å²) in [5, 5.41) is 9.99. The molecule has 0 bridgehead atoms. The Bertz CT molecular complexity index is 388. The maximum Gasteiger partial charge on any atom is 0.352 e. The Morgan fingerprint density at radius 2 is 2.44 bits per heavy atom. The molecule has 16 heavy (non-hydrogen) atoms. The van der Waals surface area contributed by atoms with Gasteiger partial charge in [0.15, 0.2) is 0 Å². The van der Waals surface area contributed by atoms with Crippen molar-refractivity contribution in [3.8, 4) is 0 Å². The van der Waals surface area contributed by atoms with Crippen molar-refractivity contribution in [1.29, 1.82) is 0 Å². The number of aromatic carboxylic acids is 1. The molecule has 1 aromatic heterocycles. The highest BCUT2D eigenvalue weighted by Crippen LogP contribution is 2.26. The number of nitrogens with zero attached hydrogens (tertiary/aromatic N) is 1. The van der Waals surface area contributed by atoms with E-state index in [-0.39, 0.29) is 5.69 Å². The molecular formula is C10H12ClNO2S2. The molecule has 2 rings (SSSR count). The number of thioether (sulfide) groups is 2. The van der Waals surface area contributed by atoms with E-state index in [4.69, 9.17) is 16.7 Å². The van der Waals surface area contributed by atoms with E-state index < -0.39 is 5.97 Å². The molecule has 88 valence electrons. The summed E-state index contributed by atoms with van der Waals surface area (Å²) in [6, 6.07) is 1.50. The summed E-state index contributed by atoms with van der Waals surface area (Å²) in [5.41, 5.74) is 0.279. The standard InChI is InChI=1S/C10H12ClNO2S2/c11-7-3-9(10(13)14)12(4-7)5-8-6-15-1-2-16-8/h3-4,8H,1-2,5-6H2,(H,13,14). The largest absolute Gasteiger partial charge is 0.477 e. The second-order valence-electron chi connectivity index (χ2n) is 3.57. The zero-order valence-electron chi connectivity index (χ0n) is 8.56. The summed E-state index contributed by atoms with van der Waals surface area (Å²) in [7, 11) is 0. The molecule has 3 nitrogen and oxygen atoms in total. The van der Waals surface area contributed by atoms with Crippen molar-refractivity contribution >= 4 is 41.1 Å². The Morgan fingerprint density at radius 3 is 3.06 bits per heavy atom. The average Bonchev–Trinajstić information content (AvgIpc) is 2.61. The lowest BCUT2D eigenvalue weighted by molar-refractivity contribution is 0.0685. The van der Waals surface area contributed by atoms with Crippen LogP contribution in [0.25, 0.3) is 0 Å². The Labute approximate surface area is 108 Å². The Hall–Kier alpha value is -0.260. The van der Waals surface area contributed by atoms with Crippen LogP contribution in [0.1, 0.15) is 10.5 Å². The highest BCUT2D eigenvalue weighted by atomic mass is 35.5. The van der Waals surface area contributed by atoms with Gasteiger partial charge < -0.3 is 9.67 Å². The second-order valence-corrected chi connectivity index (χ2v) is 6.56. The molecule has 0 radical (unpaired) electrons. The summed E-state index contributed by atoms with van der Waals surface area (Å²) in [4.78, 5) is 11.0. The van der Waals surface area contributed by atoms with Gasteiger partial charge in [0, 0.05) is 35.3 Å². The molecule has 1 unspecified atom stereocenters. The van der Waals surface area contributed by atoms with Gasteiger partial charge >= 0.3 is 5.97 Å². The highest BCUT2D eigenvalue weighted by Gasteiger charge is 2.18. The van der Waals surface area contributed by atoms with Crippen molar-refractivity contribution in [3.63, 3.8) is 0 Å². The number of carbonyl (C=O) groups is 1. The summed E-state index contributed by atoms with van der Waals surface area (Å²) in [6.45, 7) is 0.728. The smallest absolute Gasteiger partial charge is 0.352 e. The maximum atomic E-state index is 11.0. The van der Waals surface area contributed by atoms with Crippen LogP contribution in [0.3, 0.4) is 0 Å². The molecule has 6 heteroatoms. The Balaban J connectivity index is 2.10. The van der Waals surface area contributed by atoms with Crippen LogP contribution in [0.15, 0.2) is 12.3 Å². The lowest BCUT2D eigenvalue weighted by Crippen LogP contribution is -2.22. The molecule has 0 saturated carbocycles. The Morgan fingerprint density at radius 1 is 1.62 bits per heavy atom. The van der Waals surface area contributed by atoms with Gasteiger partial charge in [-0.25, -0.2) is 4.79 Å². The fraction of sp³-hybridized carbons (Fsp3) is 0.500. The predicted molar refractivity (Wildman–Crippen MR) is 70.0 cm³/mol. The van der Waals surface area contributed by atoms with Crippen LogP contribution in [-0.4, -0.2) is 38.2 Å². The van der Waals surface area contributed by atoms with Crippen molar-refractivity contribution in [2.24, 2.45) is 0 Å². The molecule has 1 aliphatic rings. The molecule has 1 aromatic rings. The number of hydrogen-bond donors (Lipinski definition) is 1. The molecular weight excluding hydrogens is 266 g/mol. The lowest BCUT2D eigenvalue weighted by Gasteiger charge is -2.21. The number of carboxylic acid groups (broad SMARTS) is 1. The zero-order valence-corrected chi connectivity index (χ0v) is 10.9. The van der Waals surface area contributed by atoms with Crippen molar-refractivity contribution in [2.75, 3.05) is 17.3 Å². The van der Waals surface area contributed by atoms with Gasteiger partial charge in [-0.3, -0.25) is 0 Å². The van der Waals surface area contributed by atoms with Gasteiger partial charge in [0.05, 0.1) is 5.02 Å². The van der Waals surface area contributed by atoms with Gasteiger partial charge in [-0.05, 0) is 6.07 Å². The van der Waals surface area contributed by atoms with E-state index in [2.05, 4.69) is 0 Å². The average molecular weight is 278 g/mol. The van der Waals surface area contributed by atoms with Crippen LogP contribution in [0.2, 0.25) is 5.02 Å². The van der Waals surface area contributed by atoms with Crippen LogP contribution < -0.4 is 0 Å². The first-order valence-electron chi connectivity index (χ1n) is 4.95. The topological polar surface area (TPSA) is 42.2 Å². The third-order valence-corrected chi connectivity index (χ3v) is 5.40. The van der Waals surface area contributed by atoms with Gasteiger partial charge in [-0.15, -0.1) is 0 Å². The van der Waals surface area contributed by atoms with Crippen molar-refractivity contribution in [2.45, 2.75) is 11.8 Å². The van der Waals surface area contributed by atoms with Crippen LogP contribution in [0.4, 0.5) is 0 Å². The quantitative estimate of drug-likeness (QED) is 0.922. The summed E-state index contributed by atoms with van der Waals surface area (Å²) in [6.07, 6.45) is 1.70. The van der Waals surface area contributed by atoms with Crippen molar-refractivity contribution in [3.05, 3.63) is 23.0 Å². The van der Waals surface area contributed by atoms with Crippen LogP contribution in [0, 0.1) is 0 Å². The van der Waals surface area contributed by atoms with E-state index in [1.807, 2.05) is 23.5 Å². The summed E-state index contributed by atoms with van der Waals surface area (Å²) >= 11 is 9.67. The van der Waals surface area contributed by atoms with E-state index in [1.165, 1.54) is 11.8 Å². The molecule has 1 N–H and O–H groups in total. The maximum absolute atomic E-state index is 11.0. The molecule has 0 aliphatic carbocycles. The highest BCUT2D eigenvalue weighted by molar-refractivity contribution is 8.06. The van der Waals surface area contributed by atoms with Gasteiger partial charge in [0.25, 0.3) is 0 Å². The first kappa shape index (κ1) is 12.2. The molecule has 1 aliphatic heterocycles. The summed E-state index contributed by atoms with van der Waals surface area (Å²) in [5.74, 6) is 2.51. The van der Waals surface area contributed by atoms with Gasteiger partial charge in [0.2, 0.25) is 0 Å². The first-order chi connectivity index (χ1) is 7.66. The molecule has 0 aromatic carbocycles. The number of carboxylic acids is 1. The van der Waals surface area contributed by atoms with E-state index in [0.29, 0.717) is 10.3 Å². The minimum atomic E-state index is -0.916. The summed E-state index contributed by atoms with van der Waals surface area (Å²) < 4.78 is 1.74. The zero-order chi connectivity index (χ0) is 11.5. The molecule has 1 fully saturated rings. The fourth-order valence-electron chi connectivity index (χ4n) is 1.67. The SMILES string of the molecule is O=C(O)c1cc(Cl)cn1CC1CSCCS1. The van der Waals surface area contributed by atoms with Gasteiger partial charge in [0.1, 0.15) is 5.69 Å². The third-order valence-electron chi connectivity index (χ3n) is 2.37. The number of aromatic nitrogens is 1. The van der Waals surface area contributed by atoms with E-state index in [9.17, 15) is 4.79 Å². The third kappa shape index (κ3) is 2.90. The van der Waals surface area contributed by atoms with Crippen molar-refractivity contribution in [1.82, 2.24) is 4.57 Å². The Kier molecular flexibility index (Phi) is 4.10. The molecule has 2 heterocycles. The molecule has 1 atom stereocenters. The van der Waals surface area contributed by atoms with Crippen LogP contribution in [-0.2, 0) is 6.54 Å². The molecule has 0 amide bonds. The number of halogens is 1. The first-order valence-corrected chi connectivity index (χ1v) is 7.53. The van der Waals surface area contributed by atoms with E-state index in [0.717, 1.165) is 18.1 Å². The second kappa shape index (κ2) is 5.38. The lowest BCUT2D eigenvalue weighted by atomic mass is 10.4. The normalized spacial score (nSPS) is 20.9.